The minimum Gasteiger partial charge on any atom is -0.398 e. The summed E-state index contributed by atoms with van der Waals surface area (Å²) in [4.78, 5) is 40.9. The minimum atomic E-state index is -0.427. The number of nitrogen functional groups attached to an aromatic ring is 1. The van der Waals surface area contributed by atoms with Crippen molar-refractivity contribution in [2.45, 2.75) is 33.4 Å². The van der Waals surface area contributed by atoms with E-state index in [1.807, 2.05) is 13.8 Å². The molecule has 10 heteroatoms. The molecule has 0 unspecified atom stereocenters. The molecule has 1 aliphatic rings. The number of anilines is 1. The maximum Gasteiger partial charge on any atom is 0.261 e. The molecule has 0 saturated carbocycles. The summed E-state index contributed by atoms with van der Waals surface area (Å²) in [6, 6.07) is 12.6. The van der Waals surface area contributed by atoms with Crippen molar-refractivity contribution >= 4 is 41.0 Å². The van der Waals surface area contributed by atoms with E-state index in [1.54, 1.807) is 41.3 Å². The van der Waals surface area contributed by atoms with Gasteiger partial charge in [-0.1, -0.05) is 32.0 Å². The lowest BCUT2D eigenvalue weighted by Crippen LogP contribution is -2.42. The maximum absolute atomic E-state index is 13.8. The van der Waals surface area contributed by atoms with Crippen LogP contribution in [0.5, 0.6) is 0 Å². The highest BCUT2D eigenvalue weighted by atomic mass is 32.1. The van der Waals surface area contributed by atoms with Crippen LogP contribution >= 0.6 is 11.3 Å². The Kier molecular flexibility index (Phi) is 9.51. The van der Waals surface area contributed by atoms with Gasteiger partial charge in [0, 0.05) is 53.1 Å². The Labute approximate surface area is 219 Å². The molecule has 0 radical (unpaired) electrons. The Morgan fingerprint density at radius 1 is 1.11 bits per heavy atom. The number of amides is 3. The number of carbonyl (C=O) groups excluding carboxylic acids is 3. The number of halogens is 1. The lowest BCUT2D eigenvalue weighted by atomic mass is 10.1. The van der Waals surface area contributed by atoms with Gasteiger partial charge in [0.2, 0.25) is 5.91 Å². The SMILES string of the molecule is CC.N=Cc1cc(C(=O)NCC(=O)N2CCc3sc(C(=O)NCc4ccccc4F)cc3C2)ccc1N. The first kappa shape index (κ1) is 27.5. The van der Waals surface area contributed by atoms with E-state index in [9.17, 15) is 18.8 Å². The zero-order valence-electron chi connectivity index (χ0n) is 20.8. The second kappa shape index (κ2) is 12.8. The molecule has 0 atom stereocenters. The number of thiophene rings is 1. The summed E-state index contributed by atoms with van der Waals surface area (Å²) in [6.07, 6.45) is 1.68. The van der Waals surface area contributed by atoms with Gasteiger partial charge in [-0.05, 0) is 42.3 Å². The molecule has 2 aromatic carbocycles. The fourth-order valence-electron chi connectivity index (χ4n) is 3.77. The second-order valence-corrected chi connectivity index (χ2v) is 9.21. The zero-order chi connectivity index (χ0) is 26.9. The topological polar surface area (TPSA) is 128 Å². The van der Waals surface area contributed by atoms with Crippen molar-refractivity contribution in [1.82, 2.24) is 15.5 Å². The van der Waals surface area contributed by atoms with E-state index in [2.05, 4.69) is 10.6 Å². The van der Waals surface area contributed by atoms with E-state index in [4.69, 9.17) is 11.1 Å². The van der Waals surface area contributed by atoms with Crippen LogP contribution in [0.25, 0.3) is 0 Å². The molecule has 0 bridgehead atoms. The summed E-state index contributed by atoms with van der Waals surface area (Å²) in [7, 11) is 0. The Morgan fingerprint density at radius 3 is 2.59 bits per heavy atom. The lowest BCUT2D eigenvalue weighted by molar-refractivity contribution is -0.131. The molecule has 194 valence electrons. The molecule has 0 spiro atoms. The third-order valence-corrected chi connectivity index (χ3v) is 6.98. The van der Waals surface area contributed by atoms with Crippen LogP contribution in [0.3, 0.4) is 0 Å². The Bertz CT molecular complexity index is 1310. The molecule has 5 N–H and O–H groups in total. The van der Waals surface area contributed by atoms with Crippen molar-refractivity contribution in [2.24, 2.45) is 0 Å². The number of nitrogens with two attached hydrogens (primary N) is 1. The summed E-state index contributed by atoms with van der Waals surface area (Å²) >= 11 is 1.37. The molecule has 1 aliphatic heterocycles. The van der Waals surface area contributed by atoms with Crippen molar-refractivity contribution < 1.29 is 18.8 Å². The second-order valence-electron chi connectivity index (χ2n) is 8.07. The normalized spacial score (nSPS) is 12.0. The van der Waals surface area contributed by atoms with Crippen LogP contribution in [-0.2, 0) is 24.3 Å². The number of carbonyl (C=O) groups is 3. The van der Waals surface area contributed by atoms with Crippen molar-refractivity contribution in [1.29, 1.82) is 5.41 Å². The van der Waals surface area contributed by atoms with Crippen molar-refractivity contribution in [3.05, 3.63) is 86.4 Å². The summed E-state index contributed by atoms with van der Waals surface area (Å²) in [6.45, 7) is 4.76. The molecule has 3 aromatic rings. The molecule has 0 fully saturated rings. The van der Waals surface area contributed by atoms with Gasteiger partial charge in [0.1, 0.15) is 5.82 Å². The predicted octanol–water partition coefficient (Wildman–Crippen LogP) is 3.74. The Balaban J connectivity index is 0.00000186. The first-order valence-corrected chi connectivity index (χ1v) is 12.8. The molecule has 0 saturated heterocycles. The quantitative estimate of drug-likeness (QED) is 0.278. The van der Waals surface area contributed by atoms with Crippen LogP contribution in [0.15, 0.2) is 48.5 Å². The third-order valence-electron chi connectivity index (χ3n) is 5.75. The predicted molar refractivity (Wildman–Crippen MR) is 143 cm³/mol. The largest absolute Gasteiger partial charge is 0.398 e. The Morgan fingerprint density at radius 2 is 1.86 bits per heavy atom. The standard InChI is InChI=1S/C25H24FN5O3S.C2H6/c26-19-4-2-1-3-16(19)12-29-25(34)22-10-18-14-31(8-7-21(18)35-22)23(32)13-30-24(33)15-5-6-20(28)17(9-15)11-27;1-2/h1-6,9-11,27H,7-8,12-14,28H2,(H,29,34)(H,30,33);1-2H3. The molecule has 2 heterocycles. The minimum absolute atomic E-state index is 0.0910. The molecular weight excluding hydrogens is 493 g/mol. The van der Waals surface area contributed by atoms with E-state index >= 15 is 0 Å². The average Bonchev–Trinajstić information content (AvgIpc) is 3.36. The van der Waals surface area contributed by atoms with Gasteiger partial charge >= 0.3 is 0 Å². The molecule has 0 aliphatic carbocycles. The van der Waals surface area contributed by atoms with Gasteiger partial charge < -0.3 is 26.7 Å². The van der Waals surface area contributed by atoms with Crippen molar-refractivity contribution in [2.75, 3.05) is 18.8 Å². The van der Waals surface area contributed by atoms with E-state index < -0.39 is 5.91 Å². The van der Waals surface area contributed by atoms with E-state index in [0.29, 0.717) is 46.8 Å². The van der Waals surface area contributed by atoms with Gasteiger partial charge in [0.25, 0.3) is 11.8 Å². The number of hydrogen-bond acceptors (Lipinski definition) is 6. The molecule has 8 nitrogen and oxygen atoms in total. The maximum atomic E-state index is 13.8. The average molecular weight is 524 g/mol. The van der Waals surface area contributed by atoms with Crippen molar-refractivity contribution in [3.63, 3.8) is 0 Å². The summed E-state index contributed by atoms with van der Waals surface area (Å²) in [5.41, 5.74) is 8.19. The monoisotopic (exact) mass is 523 g/mol. The van der Waals surface area contributed by atoms with Gasteiger partial charge in [0.15, 0.2) is 0 Å². The van der Waals surface area contributed by atoms with E-state index in [0.717, 1.165) is 16.7 Å². The van der Waals surface area contributed by atoms with E-state index in [-0.39, 0.29) is 30.7 Å². The molecular formula is C27H30FN5O3S. The lowest BCUT2D eigenvalue weighted by Gasteiger charge is -2.27. The fraction of sp³-hybridized carbons (Fsp3) is 0.259. The van der Waals surface area contributed by atoms with Crippen molar-refractivity contribution in [3.8, 4) is 0 Å². The van der Waals surface area contributed by atoms with Crippen LogP contribution in [-0.4, -0.2) is 41.9 Å². The van der Waals surface area contributed by atoms with Crippen LogP contribution in [0, 0.1) is 11.2 Å². The fourth-order valence-corrected chi connectivity index (χ4v) is 4.85. The highest BCUT2D eigenvalue weighted by Gasteiger charge is 2.25. The van der Waals surface area contributed by atoms with Gasteiger partial charge in [-0.25, -0.2) is 4.39 Å². The first-order chi connectivity index (χ1) is 17.9. The number of nitrogens with one attached hydrogen (secondary N) is 3. The van der Waals surface area contributed by atoms with Crippen LogP contribution in [0.2, 0.25) is 0 Å². The number of hydrogen-bond donors (Lipinski definition) is 4. The molecule has 1 aromatic heterocycles. The van der Waals surface area contributed by atoms with Gasteiger partial charge in [-0.2, -0.15) is 0 Å². The van der Waals surface area contributed by atoms with Crippen LogP contribution < -0.4 is 16.4 Å². The van der Waals surface area contributed by atoms with Gasteiger partial charge in [-0.15, -0.1) is 11.3 Å². The smallest absolute Gasteiger partial charge is 0.261 e. The molecule has 3 amide bonds. The zero-order valence-corrected chi connectivity index (χ0v) is 21.6. The summed E-state index contributed by atoms with van der Waals surface area (Å²) in [5, 5.41) is 12.7. The highest BCUT2D eigenvalue weighted by Crippen LogP contribution is 2.28. The third kappa shape index (κ3) is 6.79. The van der Waals surface area contributed by atoms with E-state index in [1.165, 1.54) is 23.5 Å². The number of benzene rings is 2. The molecule has 37 heavy (non-hydrogen) atoms. The van der Waals surface area contributed by atoms with Crippen LogP contribution in [0.1, 0.15) is 55.4 Å². The summed E-state index contributed by atoms with van der Waals surface area (Å²) < 4.78 is 13.8. The summed E-state index contributed by atoms with van der Waals surface area (Å²) in [5.74, 6) is -1.32. The highest BCUT2D eigenvalue weighted by molar-refractivity contribution is 7.14. The van der Waals surface area contributed by atoms with Crippen LogP contribution in [0.4, 0.5) is 10.1 Å². The molecule has 4 rings (SSSR count). The van der Waals surface area contributed by atoms with Gasteiger partial charge in [0.05, 0.1) is 11.4 Å². The number of nitrogens with zero attached hydrogens (tertiary/aromatic N) is 1. The first-order valence-electron chi connectivity index (χ1n) is 11.9. The number of fused-ring (bicyclic) bond motifs is 1. The number of rotatable bonds is 7. The van der Waals surface area contributed by atoms with Gasteiger partial charge in [-0.3, -0.25) is 14.4 Å². The Hall–Kier alpha value is -4.05.